The Morgan fingerprint density at radius 3 is 2.50 bits per heavy atom. The van der Waals surface area contributed by atoms with Crippen molar-refractivity contribution < 1.29 is 9.81 Å². The minimum atomic E-state index is -0.943. The zero-order chi connectivity index (χ0) is 9.19. The summed E-state index contributed by atoms with van der Waals surface area (Å²) in [5, 5.41) is 9.50. The summed E-state index contributed by atoms with van der Waals surface area (Å²) in [5.41, 5.74) is 0.137. The molecule has 1 rings (SSSR count). The Morgan fingerprint density at radius 2 is 2.17 bits per heavy atom. The quantitative estimate of drug-likeness (QED) is 0.623. The van der Waals surface area contributed by atoms with Crippen LogP contribution in [0.2, 0.25) is 0 Å². The second kappa shape index (κ2) is 3.15. The van der Waals surface area contributed by atoms with Gasteiger partial charge in [-0.3, -0.25) is 0 Å². The van der Waals surface area contributed by atoms with Gasteiger partial charge in [0.2, 0.25) is 0 Å². The van der Waals surface area contributed by atoms with E-state index in [4.69, 9.17) is 0 Å². The summed E-state index contributed by atoms with van der Waals surface area (Å²) in [4.78, 5) is 3.94. The molecule has 1 heterocycles. The Morgan fingerprint density at radius 1 is 1.50 bits per heavy atom. The van der Waals surface area contributed by atoms with Crippen molar-refractivity contribution in [3.63, 3.8) is 0 Å². The van der Waals surface area contributed by atoms with E-state index in [1.807, 2.05) is 0 Å². The van der Waals surface area contributed by atoms with Crippen LogP contribution in [0.5, 0.6) is 0 Å². The molecular formula is C8H10BNO2. The first-order valence-electron chi connectivity index (χ1n) is 3.68. The molecule has 1 aromatic heterocycles. The Bertz CT molecular complexity index is 276. The molecule has 4 heteroatoms. The molecule has 0 aliphatic heterocycles. The number of aromatic nitrogens is 1. The summed E-state index contributed by atoms with van der Waals surface area (Å²) >= 11 is 0. The fraction of sp³-hybridized carbons (Fsp3) is 0.375. The molecule has 0 spiro atoms. The van der Waals surface area contributed by atoms with Crippen LogP contribution in [0.1, 0.15) is 19.5 Å². The number of hydrogen-bond acceptors (Lipinski definition) is 3. The zero-order valence-electron chi connectivity index (χ0n) is 7.11. The monoisotopic (exact) mass is 163 g/mol. The first-order chi connectivity index (χ1) is 5.54. The van der Waals surface area contributed by atoms with Gasteiger partial charge in [-0.15, -0.1) is 0 Å². The summed E-state index contributed by atoms with van der Waals surface area (Å²) in [7, 11) is 0.723. The van der Waals surface area contributed by atoms with Gasteiger partial charge in [0.15, 0.2) is 0 Å². The van der Waals surface area contributed by atoms with Crippen LogP contribution in [0.25, 0.3) is 0 Å². The first kappa shape index (κ1) is 9.07. The van der Waals surface area contributed by atoms with Crippen molar-refractivity contribution in [1.82, 2.24) is 4.98 Å². The molecule has 0 aromatic carbocycles. The van der Waals surface area contributed by atoms with Crippen LogP contribution >= 0.6 is 0 Å². The van der Waals surface area contributed by atoms with Crippen molar-refractivity contribution in [2.75, 3.05) is 0 Å². The molecule has 0 amide bonds. The third-order valence-electron chi connectivity index (χ3n) is 1.55. The van der Waals surface area contributed by atoms with Crippen LogP contribution in [-0.2, 0) is 10.3 Å². The molecule has 0 fully saturated rings. The maximum absolute atomic E-state index is 10.3. The molecule has 62 valence electrons. The van der Waals surface area contributed by atoms with E-state index in [0.29, 0.717) is 11.2 Å². The fourth-order valence-electron chi connectivity index (χ4n) is 0.837. The van der Waals surface area contributed by atoms with Crippen LogP contribution in [0.3, 0.4) is 0 Å². The molecule has 1 N–H and O–H groups in total. The first-order valence-corrected chi connectivity index (χ1v) is 3.68. The van der Waals surface area contributed by atoms with Crippen LogP contribution in [0, 0.1) is 0 Å². The summed E-state index contributed by atoms with van der Waals surface area (Å²) in [6.07, 6.45) is 1.44. The van der Waals surface area contributed by atoms with Gasteiger partial charge >= 0.3 is 70.9 Å². The Kier molecular flexibility index (Phi) is 2.38. The van der Waals surface area contributed by atoms with Gasteiger partial charge in [-0.2, -0.15) is 0 Å². The van der Waals surface area contributed by atoms with Gasteiger partial charge in [0, 0.05) is 0 Å². The Labute approximate surface area is 71.7 Å². The van der Waals surface area contributed by atoms with E-state index >= 15 is 0 Å². The number of rotatable bonds is 2. The van der Waals surface area contributed by atoms with E-state index in [9.17, 15) is 9.81 Å². The topological polar surface area (TPSA) is 50.2 Å². The molecular weight excluding hydrogens is 153 g/mol. The van der Waals surface area contributed by atoms with E-state index in [2.05, 4.69) is 4.98 Å². The molecule has 0 saturated heterocycles. The average Bonchev–Trinajstić information content (AvgIpc) is 2.03. The molecule has 0 unspecified atom stereocenters. The molecule has 1 aromatic rings. The Balaban J connectivity index is 3.00. The van der Waals surface area contributed by atoms with E-state index < -0.39 is 5.60 Å². The van der Waals surface area contributed by atoms with Crippen LogP contribution in [-0.4, -0.2) is 17.2 Å². The van der Waals surface area contributed by atoms with Crippen molar-refractivity contribution in [3.8, 4) is 0 Å². The predicted octanol–water partition coefficient (Wildman–Crippen LogP) is -0.0160. The molecule has 0 atom stereocenters. The molecule has 12 heavy (non-hydrogen) atoms. The van der Waals surface area contributed by atoms with E-state index in [-0.39, 0.29) is 0 Å². The standard InChI is InChI=1S/C8H10BNO2/c1-8(2,11)7-4-3-6(9-12)5-10-7/h3-5,11H,1-2H3. The van der Waals surface area contributed by atoms with Crippen LogP contribution < -0.4 is 5.46 Å². The average molecular weight is 163 g/mol. The molecule has 0 bridgehead atoms. The van der Waals surface area contributed by atoms with E-state index in [0.717, 1.165) is 7.15 Å². The molecule has 0 radical (unpaired) electrons. The van der Waals surface area contributed by atoms with Crippen LogP contribution in [0.4, 0.5) is 0 Å². The summed E-state index contributed by atoms with van der Waals surface area (Å²) < 4.78 is 10.3. The van der Waals surface area contributed by atoms with E-state index in [1.165, 1.54) is 6.20 Å². The Hall–Kier alpha value is -1.03. The van der Waals surface area contributed by atoms with Crippen molar-refractivity contribution in [2.45, 2.75) is 19.4 Å². The van der Waals surface area contributed by atoms with Gasteiger partial charge < -0.3 is 0 Å². The van der Waals surface area contributed by atoms with Crippen LogP contribution in [0.15, 0.2) is 18.3 Å². The number of nitrogens with zero attached hydrogens (tertiary/aromatic N) is 1. The third-order valence-corrected chi connectivity index (χ3v) is 1.55. The fourth-order valence-corrected chi connectivity index (χ4v) is 0.837. The zero-order valence-corrected chi connectivity index (χ0v) is 7.11. The second-order valence-electron chi connectivity index (χ2n) is 3.15. The SMILES string of the molecule is CC(C)(O)c1ccc(B=O)cn1. The number of aliphatic hydroxyl groups is 1. The maximum atomic E-state index is 10.3. The summed E-state index contributed by atoms with van der Waals surface area (Å²) in [6, 6.07) is 3.27. The van der Waals surface area contributed by atoms with Gasteiger partial charge in [0.1, 0.15) is 0 Å². The van der Waals surface area contributed by atoms with Gasteiger partial charge in [-0.1, -0.05) is 0 Å². The van der Waals surface area contributed by atoms with Crippen molar-refractivity contribution in [2.24, 2.45) is 0 Å². The van der Waals surface area contributed by atoms with Crippen molar-refractivity contribution in [3.05, 3.63) is 24.0 Å². The molecule has 0 aliphatic carbocycles. The number of hydrogen-bond donors (Lipinski definition) is 1. The van der Waals surface area contributed by atoms with Crippen molar-refractivity contribution in [1.29, 1.82) is 0 Å². The summed E-state index contributed by atoms with van der Waals surface area (Å²) in [6.45, 7) is 3.30. The number of pyridine rings is 1. The third kappa shape index (κ3) is 1.98. The molecule has 0 aliphatic rings. The van der Waals surface area contributed by atoms with Gasteiger partial charge in [-0.05, 0) is 0 Å². The second-order valence-corrected chi connectivity index (χ2v) is 3.15. The molecule has 3 nitrogen and oxygen atoms in total. The van der Waals surface area contributed by atoms with Gasteiger partial charge in [0.25, 0.3) is 0 Å². The van der Waals surface area contributed by atoms with Gasteiger partial charge in [0.05, 0.1) is 0 Å². The van der Waals surface area contributed by atoms with Crippen molar-refractivity contribution >= 4 is 12.6 Å². The predicted molar refractivity (Wildman–Crippen MR) is 45.6 cm³/mol. The van der Waals surface area contributed by atoms with E-state index in [1.54, 1.807) is 26.0 Å². The van der Waals surface area contributed by atoms with Gasteiger partial charge in [-0.25, -0.2) is 0 Å². The molecule has 0 saturated carbocycles. The summed E-state index contributed by atoms with van der Waals surface area (Å²) in [5.74, 6) is 0. The minimum absolute atomic E-state index is 0.517. The normalized spacial score (nSPS) is 10.9.